The lowest BCUT2D eigenvalue weighted by atomic mass is 10.2. The number of rotatable bonds is 7. The summed E-state index contributed by atoms with van der Waals surface area (Å²) in [7, 11) is 0. The van der Waals surface area contributed by atoms with Crippen LogP contribution in [0.15, 0.2) is 77.4 Å². The standard InChI is InChI=1S/C23H22N4O3S/c1-2-12-27-21(20-14-28-18-10-6-7-11-19(18)30-20)25-26-23(27)31-15-17-13-24-22(29-17)16-8-4-3-5-9-16/h2-11,17,20H,1,12-15H2/t17-,20-/m1/s1. The van der Waals surface area contributed by atoms with Crippen LogP contribution in [0.25, 0.3) is 0 Å². The van der Waals surface area contributed by atoms with Gasteiger partial charge in [0.25, 0.3) is 0 Å². The summed E-state index contributed by atoms with van der Waals surface area (Å²) < 4.78 is 20.0. The van der Waals surface area contributed by atoms with Gasteiger partial charge in [-0.2, -0.15) is 0 Å². The number of hydrogen-bond acceptors (Lipinski definition) is 7. The predicted molar refractivity (Wildman–Crippen MR) is 119 cm³/mol. The molecule has 0 amide bonds. The summed E-state index contributed by atoms with van der Waals surface area (Å²) in [5.41, 5.74) is 1.00. The van der Waals surface area contributed by atoms with Crippen molar-refractivity contribution < 1.29 is 14.2 Å². The van der Waals surface area contributed by atoms with E-state index < -0.39 is 0 Å². The number of thioether (sulfide) groups is 1. The topological polar surface area (TPSA) is 70.8 Å². The van der Waals surface area contributed by atoms with Crippen molar-refractivity contribution in [3.63, 3.8) is 0 Å². The highest BCUT2D eigenvalue weighted by molar-refractivity contribution is 7.99. The Morgan fingerprint density at radius 2 is 1.84 bits per heavy atom. The van der Waals surface area contributed by atoms with Crippen LogP contribution in [0.1, 0.15) is 17.5 Å². The zero-order valence-corrected chi connectivity index (χ0v) is 17.7. The van der Waals surface area contributed by atoms with E-state index in [9.17, 15) is 0 Å². The van der Waals surface area contributed by atoms with Gasteiger partial charge in [0.15, 0.2) is 28.6 Å². The Balaban J connectivity index is 1.26. The molecular weight excluding hydrogens is 412 g/mol. The second kappa shape index (κ2) is 8.85. The molecule has 2 aromatic carbocycles. The van der Waals surface area contributed by atoms with Gasteiger partial charge in [-0.3, -0.25) is 4.57 Å². The number of nitrogens with zero attached hydrogens (tertiary/aromatic N) is 4. The highest BCUT2D eigenvalue weighted by Crippen LogP contribution is 2.36. The molecule has 31 heavy (non-hydrogen) atoms. The monoisotopic (exact) mass is 434 g/mol. The number of fused-ring (bicyclic) bond motifs is 1. The van der Waals surface area contributed by atoms with Crippen LogP contribution in [0.4, 0.5) is 0 Å². The van der Waals surface area contributed by atoms with Gasteiger partial charge in [-0.1, -0.05) is 48.2 Å². The number of allylic oxidation sites excluding steroid dienone is 1. The summed E-state index contributed by atoms with van der Waals surface area (Å²) in [6.07, 6.45) is 1.50. The molecule has 5 rings (SSSR count). The molecule has 8 heteroatoms. The van der Waals surface area contributed by atoms with Crippen LogP contribution in [0.5, 0.6) is 11.5 Å². The molecule has 0 N–H and O–H groups in total. The molecule has 3 heterocycles. The molecule has 0 unspecified atom stereocenters. The molecule has 0 fully saturated rings. The lowest BCUT2D eigenvalue weighted by Crippen LogP contribution is -2.25. The van der Waals surface area contributed by atoms with E-state index in [1.165, 1.54) is 0 Å². The molecule has 7 nitrogen and oxygen atoms in total. The molecule has 2 aliphatic heterocycles. The van der Waals surface area contributed by atoms with Crippen LogP contribution in [0.3, 0.4) is 0 Å². The van der Waals surface area contributed by atoms with E-state index in [0.29, 0.717) is 31.3 Å². The Labute approximate surface area is 184 Å². The van der Waals surface area contributed by atoms with Crippen molar-refractivity contribution in [1.82, 2.24) is 14.8 Å². The fourth-order valence-electron chi connectivity index (χ4n) is 3.50. The fourth-order valence-corrected chi connectivity index (χ4v) is 4.43. The van der Waals surface area contributed by atoms with Crippen molar-refractivity contribution in [2.75, 3.05) is 18.9 Å². The quantitative estimate of drug-likeness (QED) is 0.415. The van der Waals surface area contributed by atoms with Gasteiger partial charge in [-0.15, -0.1) is 16.8 Å². The van der Waals surface area contributed by atoms with Crippen LogP contribution >= 0.6 is 11.8 Å². The molecule has 0 aliphatic carbocycles. The third-order valence-electron chi connectivity index (χ3n) is 4.99. The second-order valence-corrected chi connectivity index (χ2v) is 8.15. The first-order valence-electron chi connectivity index (χ1n) is 10.1. The molecule has 0 saturated heterocycles. The summed E-state index contributed by atoms with van der Waals surface area (Å²) in [5.74, 6) is 3.61. The van der Waals surface area contributed by atoms with Gasteiger partial charge in [0.1, 0.15) is 12.7 Å². The number of aromatic nitrogens is 3. The summed E-state index contributed by atoms with van der Waals surface area (Å²) in [4.78, 5) is 4.54. The van der Waals surface area contributed by atoms with Gasteiger partial charge in [-0.05, 0) is 24.3 Å². The van der Waals surface area contributed by atoms with E-state index in [1.807, 2.05) is 65.2 Å². The van der Waals surface area contributed by atoms with Crippen molar-refractivity contribution in [1.29, 1.82) is 0 Å². The Bertz CT molecular complexity index is 1100. The Hall–Kier alpha value is -3.26. The van der Waals surface area contributed by atoms with Crippen molar-refractivity contribution in [2.45, 2.75) is 23.9 Å². The maximum absolute atomic E-state index is 6.12. The molecule has 0 radical (unpaired) electrons. The van der Waals surface area contributed by atoms with Crippen molar-refractivity contribution in [3.8, 4) is 11.5 Å². The van der Waals surface area contributed by atoms with Gasteiger partial charge in [0.2, 0.25) is 5.90 Å². The minimum absolute atomic E-state index is 0.00122. The van der Waals surface area contributed by atoms with Gasteiger partial charge in [0.05, 0.1) is 6.54 Å². The van der Waals surface area contributed by atoms with E-state index in [-0.39, 0.29) is 12.2 Å². The van der Waals surface area contributed by atoms with Crippen molar-refractivity contribution >= 4 is 17.7 Å². The number of benzene rings is 2. The average Bonchev–Trinajstić information content (AvgIpc) is 3.45. The molecular formula is C23H22N4O3S. The first-order valence-corrected chi connectivity index (χ1v) is 11.1. The molecule has 158 valence electrons. The predicted octanol–water partition coefficient (Wildman–Crippen LogP) is 3.91. The largest absolute Gasteiger partial charge is 0.485 e. The lowest BCUT2D eigenvalue weighted by Gasteiger charge is -2.26. The van der Waals surface area contributed by atoms with Gasteiger partial charge in [-0.25, -0.2) is 4.99 Å². The zero-order valence-electron chi connectivity index (χ0n) is 16.9. The molecule has 2 atom stereocenters. The summed E-state index contributed by atoms with van der Waals surface area (Å²) in [5, 5.41) is 9.61. The van der Waals surface area contributed by atoms with Crippen molar-refractivity contribution in [2.24, 2.45) is 4.99 Å². The highest BCUT2D eigenvalue weighted by Gasteiger charge is 2.29. The minimum Gasteiger partial charge on any atom is -0.485 e. The summed E-state index contributed by atoms with van der Waals surface area (Å²) in [6.45, 7) is 5.49. The number of hydrogen-bond donors (Lipinski definition) is 0. The lowest BCUT2D eigenvalue weighted by molar-refractivity contribution is 0.0821. The SMILES string of the molecule is C=CCn1c(SC[C@H]2CN=C(c3ccccc3)O2)nnc1[C@H]1COc2ccccc2O1. The van der Waals surface area contributed by atoms with Crippen LogP contribution in [0, 0.1) is 0 Å². The Morgan fingerprint density at radius 1 is 1.03 bits per heavy atom. The maximum atomic E-state index is 6.12. The maximum Gasteiger partial charge on any atom is 0.216 e. The summed E-state index contributed by atoms with van der Waals surface area (Å²) in [6, 6.07) is 17.6. The van der Waals surface area contributed by atoms with Gasteiger partial charge in [0, 0.05) is 17.9 Å². The zero-order chi connectivity index (χ0) is 21.0. The molecule has 2 aliphatic rings. The Kier molecular flexibility index (Phi) is 5.62. The number of aliphatic imine (C=N–C) groups is 1. The first-order chi connectivity index (χ1) is 15.3. The fraction of sp³-hybridized carbons (Fsp3) is 0.261. The normalized spacial score (nSPS) is 19.5. The smallest absolute Gasteiger partial charge is 0.216 e. The average molecular weight is 435 g/mol. The second-order valence-electron chi connectivity index (χ2n) is 7.17. The van der Waals surface area contributed by atoms with Crippen molar-refractivity contribution in [3.05, 3.63) is 78.6 Å². The third-order valence-corrected chi connectivity index (χ3v) is 6.09. The third kappa shape index (κ3) is 4.16. The van der Waals surface area contributed by atoms with E-state index >= 15 is 0 Å². The number of ether oxygens (including phenoxy) is 3. The first kappa shape index (κ1) is 19.7. The van der Waals surface area contributed by atoms with E-state index in [0.717, 1.165) is 28.0 Å². The van der Waals surface area contributed by atoms with Gasteiger partial charge >= 0.3 is 0 Å². The minimum atomic E-state index is -0.326. The van der Waals surface area contributed by atoms with Crippen LogP contribution in [0.2, 0.25) is 0 Å². The van der Waals surface area contributed by atoms with E-state index in [4.69, 9.17) is 14.2 Å². The Morgan fingerprint density at radius 3 is 2.68 bits per heavy atom. The van der Waals surface area contributed by atoms with Crippen LogP contribution in [-0.4, -0.2) is 45.7 Å². The molecule has 0 spiro atoms. The van der Waals surface area contributed by atoms with E-state index in [1.54, 1.807) is 11.8 Å². The molecule has 1 aromatic heterocycles. The number of para-hydroxylation sites is 2. The van der Waals surface area contributed by atoms with Crippen LogP contribution in [-0.2, 0) is 11.3 Å². The van der Waals surface area contributed by atoms with E-state index in [2.05, 4.69) is 21.8 Å². The molecule has 0 bridgehead atoms. The van der Waals surface area contributed by atoms with Crippen LogP contribution < -0.4 is 9.47 Å². The highest BCUT2D eigenvalue weighted by atomic mass is 32.2. The summed E-state index contributed by atoms with van der Waals surface area (Å²) >= 11 is 1.60. The van der Waals surface area contributed by atoms with Gasteiger partial charge < -0.3 is 14.2 Å². The molecule has 0 saturated carbocycles. The molecule has 3 aromatic rings.